The number of nitrogens with zero attached hydrogens (tertiary/aromatic N) is 1. The van der Waals surface area contributed by atoms with E-state index in [0.29, 0.717) is 23.6 Å². The van der Waals surface area contributed by atoms with Crippen molar-refractivity contribution in [3.05, 3.63) is 29.6 Å². The Kier molecular flexibility index (Phi) is 5.14. The summed E-state index contributed by atoms with van der Waals surface area (Å²) in [5, 5.41) is 11.8. The van der Waals surface area contributed by atoms with Gasteiger partial charge in [-0.05, 0) is 30.9 Å². The molecule has 1 amide bonds. The van der Waals surface area contributed by atoms with Gasteiger partial charge in [-0.25, -0.2) is 4.98 Å². The number of hydrogen-bond acceptors (Lipinski definition) is 3. The molecule has 0 saturated heterocycles. The highest BCUT2D eigenvalue weighted by atomic mass is 16.2. The average Bonchev–Trinajstić information content (AvgIpc) is 2.85. The molecule has 2 rings (SSSR count). The minimum Gasteiger partial charge on any atom is -0.395 e. The number of carbonyl (C=O) groups excluding carboxylic acids is 1. The summed E-state index contributed by atoms with van der Waals surface area (Å²) >= 11 is 0. The lowest BCUT2D eigenvalue weighted by atomic mass is 10.1. The van der Waals surface area contributed by atoms with E-state index in [9.17, 15) is 4.79 Å². The van der Waals surface area contributed by atoms with E-state index in [0.717, 1.165) is 19.3 Å². The fourth-order valence-corrected chi connectivity index (χ4v) is 2.50. The molecule has 1 aliphatic carbocycles. The quantitative estimate of drug-likeness (QED) is 0.824. The highest BCUT2D eigenvalue weighted by Crippen LogP contribution is 2.25. The second kappa shape index (κ2) is 7.06. The maximum Gasteiger partial charge on any atom is 0.271 e. The van der Waals surface area contributed by atoms with Crippen LogP contribution >= 0.6 is 0 Å². The molecule has 1 heterocycles. The van der Waals surface area contributed by atoms with Gasteiger partial charge in [0.1, 0.15) is 5.69 Å². The van der Waals surface area contributed by atoms with E-state index in [1.54, 1.807) is 18.3 Å². The number of pyridine rings is 1. The summed E-state index contributed by atoms with van der Waals surface area (Å²) in [5.41, 5.74) is 0.987. The van der Waals surface area contributed by atoms with E-state index in [4.69, 9.17) is 5.11 Å². The third kappa shape index (κ3) is 3.58. The monoisotopic (exact) mass is 272 g/mol. The number of aliphatic hydroxyl groups excluding tert-OH is 1. The fourth-order valence-electron chi connectivity index (χ4n) is 2.50. The molecular weight excluding hydrogens is 252 g/mol. The molecule has 1 saturated carbocycles. The van der Waals surface area contributed by atoms with Crippen LogP contribution in [0.25, 0.3) is 0 Å². The molecule has 0 aliphatic heterocycles. The molecule has 1 aliphatic rings. The molecule has 2 unspecified atom stereocenters. The molecule has 4 heteroatoms. The van der Waals surface area contributed by atoms with Crippen LogP contribution in [0.2, 0.25) is 0 Å². The third-order valence-electron chi connectivity index (χ3n) is 3.66. The molecule has 0 bridgehead atoms. The topological polar surface area (TPSA) is 62.2 Å². The molecular formula is C16H20N2O2. The van der Waals surface area contributed by atoms with Crippen LogP contribution < -0.4 is 5.32 Å². The first-order valence-electron chi connectivity index (χ1n) is 7.08. The maximum absolute atomic E-state index is 12.3. The largest absolute Gasteiger partial charge is 0.395 e. The predicted octanol–water partition coefficient (Wildman–Crippen LogP) is 1.73. The van der Waals surface area contributed by atoms with Crippen LogP contribution in [0.1, 0.15) is 48.7 Å². The van der Waals surface area contributed by atoms with Crippen molar-refractivity contribution < 1.29 is 9.90 Å². The summed E-state index contributed by atoms with van der Waals surface area (Å²) in [7, 11) is 0. The van der Waals surface area contributed by atoms with Crippen molar-refractivity contribution in [3.63, 3.8) is 0 Å². The van der Waals surface area contributed by atoms with Crippen LogP contribution in [0.4, 0.5) is 0 Å². The van der Waals surface area contributed by atoms with E-state index in [-0.39, 0.29) is 18.6 Å². The number of amides is 1. The first kappa shape index (κ1) is 14.5. The van der Waals surface area contributed by atoms with E-state index in [1.807, 2.05) is 0 Å². The molecule has 1 aromatic heterocycles. The zero-order chi connectivity index (χ0) is 14.4. The zero-order valence-electron chi connectivity index (χ0n) is 11.7. The Labute approximate surface area is 119 Å². The van der Waals surface area contributed by atoms with Gasteiger partial charge in [-0.3, -0.25) is 4.79 Å². The predicted molar refractivity (Wildman–Crippen MR) is 77.1 cm³/mol. The Morgan fingerprint density at radius 2 is 2.40 bits per heavy atom. The molecule has 20 heavy (non-hydrogen) atoms. The molecule has 1 aromatic rings. The number of nitrogens with one attached hydrogen (secondary N) is 1. The highest BCUT2D eigenvalue weighted by molar-refractivity contribution is 5.94. The molecule has 0 radical (unpaired) electrons. The lowest BCUT2D eigenvalue weighted by molar-refractivity contribution is 0.0924. The Morgan fingerprint density at radius 1 is 1.55 bits per heavy atom. The van der Waals surface area contributed by atoms with Crippen LogP contribution in [0.3, 0.4) is 0 Å². The van der Waals surface area contributed by atoms with Gasteiger partial charge in [0.05, 0.1) is 12.2 Å². The van der Waals surface area contributed by atoms with Crippen LogP contribution in [0, 0.1) is 17.8 Å². The van der Waals surface area contributed by atoms with Crippen molar-refractivity contribution in [2.75, 3.05) is 6.61 Å². The summed E-state index contributed by atoms with van der Waals surface area (Å²) in [5.74, 6) is 6.09. The van der Waals surface area contributed by atoms with Crippen molar-refractivity contribution in [2.45, 2.75) is 38.6 Å². The number of aromatic nitrogens is 1. The van der Waals surface area contributed by atoms with Crippen molar-refractivity contribution in [3.8, 4) is 11.8 Å². The lowest BCUT2D eigenvalue weighted by Crippen LogP contribution is -2.37. The van der Waals surface area contributed by atoms with Crippen molar-refractivity contribution in [1.82, 2.24) is 10.3 Å². The van der Waals surface area contributed by atoms with Crippen molar-refractivity contribution in [2.24, 2.45) is 5.92 Å². The van der Waals surface area contributed by atoms with Crippen LogP contribution in [0.5, 0.6) is 0 Å². The van der Waals surface area contributed by atoms with E-state index in [1.165, 1.54) is 0 Å². The Hall–Kier alpha value is -1.86. The standard InChI is InChI=1S/C16H20N2O2/c1-12-6-4-9-14(12)18-16(20)15-13(7-2-3-11-19)8-5-10-17-15/h5,8,10,12,14,19H,3-4,6,9,11H2,1H3,(H,18,20). The Balaban J connectivity index is 2.11. The normalized spacial score (nSPS) is 21.1. The van der Waals surface area contributed by atoms with E-state index < -0.39 is 0 Å². The minimum absolute atomic E-state index is 0.0222. The molecule has 1 fully saturated rings. The molecule has 2 atom stereocenters. The van der Waals surface area contributed by atoms with Gasteiger partial charge in [-0.1, -0.05) is 25.2 Å². The molecule has 4 nitrogen and oxygen atoms in total. The van der Waals surface area contributed by atoms with Gasteiger partial charge < -0.3 is 10.4 Å². The van der Waals surface area contributed by atoms with Gasteiger partial charge in [0.2, 0.25) is 0 Å². The van der Waals surface area contributed by atoms with E-state index in [2.05, 4.69) is 29.1 Å². The van der Waals surface area contributed by atoms with Gasteiger partial charge in [0.15, 0.2) is 0 Å². The molecule has 0 spiro atoms. The van der Waals surface area contributed by atoms with Gasteiger partial charge in [0.25, 0.3) is 5.91 Å². The summed E-state index contributed by atoms with van der Waals surface area (Å²) in [6.45, 7) is 2.19. The summed E-state index contributed by atoms with van der Waals surface area (Å²) in [6.07, 6.45) is 5.36. The van der Waals surface area contributed by atoms with Crippen LogP contribution in [-0.2, 0) is 0 Å². The fraction of sp³-hybridized carbons (Fsp3) is 0.500. The zero-order valence-corrected chi connectivity index (χ0v) is 11.7. The molecule has 0 aromatic carbocycles. The van der Waals surface area contributed by atoms with Gasteiger partial charge in [0, 0.05) is 18.7 Å². The lowest BCUT2D eigenvalue weighted by Gasteiger charge is -2.17. The minimum atomic E-state index is -0.155. The second-order valence-corrected chi connectivity index (χ2v) is 5.16. The summed E-state index contributed by atoms with van der Waals surface area (Å²) in [6, 6.07) is 3.78. The molecule has 2 N–H and O–H groups in total. The van der Waals surface area contributed by atoms with Crippen LogP contribution in [-0.4, -0.2) is 28.6 Å². The number of carbonyl (C=O) groups is 1. The van der Waals surface area contributed by atoms with E-state index >= 15 is 0 Å². The smallest absolute Gasteiger partial charge is 0.271 e. The van der Waals surface area contributed by atoms with Gasteiger partial charge >= 0.3 is 0 Å². The maximum atomic E-state index is 12.3. The number of hydrogen-bond donors (Lipinski definition) is 2. The first-order valence-corrected chi connectivity index (χ1v) is 7.08. The van der Waals surface area contributed by atoms with Gasteiger partial charge in [-0.2, -0.15) is 0 Å². The SMILES string of the molecule is CC1CCCC1NC(=O)c1ncccc1C#CCCO. The first-order chi connectivity index (χ1) is 9.72. The number of rotatable bonds is 3. The Morgan fingerprint density at radius 3 is 3.10 bits per heavy atom. The van der Waals surface area contributed by atoms with Crippen LogP contribution in [0.15, 0.2) is 18.3 Å². The highest BCUT2D eigenvalue weighted by Gasteiger charge is 2.26. The molecule has 106 valence electrons. The Bertz CT molecular complexity index is 531. The summed E-state index contributed by atoms with van der Waals surface area (Å²) in [4.78, 5) is 16.5. The second-order valence-electron chi connectivity index (χ2n) is 5.16. The van der Waals surface area contributed by atoms with Crippen molar-refractivity contribution in [1.29, 1.82) is 0 Å². The third-order valence-corrected chi connectivity index (χ3v) is 3.66. The van der Waals surface area contributed by atoms with Crippen molar-refractivity contribution >= 4 is 5.91 Å². The van der Waals surface area contributed by atoms with Gasteiger partial charge in [-0.15, -0.1) is 0 Å². The summed E-state index contributed by atoms with van der Waals surface area (Å²) < 4.78 is 0. The number of aliphatic hydroxyl groups is 1. The average molecular weight is 272 g/mol.